The molecule has 16 heavy (non-hydrogen) atoms. The summed E-state index contributed by atoms with van der Waals surface area (Å²) >= 11 is 0. The predicted octanol–water partition coefficient (Wildman–Crippen LogP) is 3.16. The Balaban J connectivity index is 1.87. The van der Waals surface area contributed by atoms with E-state index in [9.17, 15) is 0 Å². The third kappa shape index (κ3) is 3.08. The summed E-state index contributed by atoms with van der Waals surface area (Å²) in [6.07, 6.45) is 4.84. The van der Waals surface area contributed by atoms with Gasteiger partial charge in [-0.05, 0) is 48.6 Å². The highest BCUT2D eigenvalue weighted by molar-refractivity contribution is 5.23. The van der Waals surface area contributed by atoms with Gasteiger partial charge in [-0.2, -0.15) is 0 Å². The van der Waals surface area contributed by atoms with Gasteiger partial charge in [-0.1, -0.05) is 38.1 Å². The maximum atomic E-state index is 5.80. The van der Waals surface area contributed by atoms with Gasteiger partial charge in [-0.15, -0.1) is 0 Å². The molecule has 0 aromatic heterocycles. The topological polar surface area (TPSA) is 26.0 Å². The smallest absolute Gasteiger partial charge is 0.00443 e. The average Bonchev–Trinajstić information content (AvgIpc) is 2.18. The van der Waals surface area contributed by atoms with Gasteiger partial charge in [0.15, 0.2) is 0 Å². The average molecular weight is 217 g/mol. The molecule has 0 atom stereocenters. The molecule has 0 unspecified atom stereocenters. The van der Waals surface area contributed by atoms with E-state index in [1.54, 1.807) is 0 Å². The zero-order valence-electron chi connectivity index (χ0n) is 10.4. The minimum Gasteiger partial charge on any atom is -0.328 e. The van der Waals surface area contributed by atoms with Crippen LogP contribution in [-0.4, -0.2) is 6.04 Å². The van der Waals surface area contributed by atoms with E-state index in [4.69, 9.17) is 5.73 Å². The fourth-order valence-corrected chi connectivity index (χ4v) is 2.57. The maximum absolute atomic E-state index is 5.80. The number of nitrogens with two attached hydrogens (primary N) is 1. The van der Waals surface area contributed by atoms with Crippen molar-refractivity contribution in [1.29, 1.82) is 0 Å². The largest absolute Gasteiger partial charge is 0.328 e. The van der Waals surface area contributed by atoms with Crippen molar-refractivity contribution < 1.29 is 0 Å². The zero-order chi connectivity index (χ0) is 11.5. The Labute approximate surface area is 99.0 Å². The third-order valence-electron chi connectivity index (χ3n) is 3.46. The number of hydrogen-bond acceptors (Lipinski definition) is 1. The first kappa shape index (κ1) is 11.7. The van der Waals surface area contributed by atoms with Crippen LogP contribution in [0.25, 0.3) is 0 Å². The summed E-state index contributed by atoms with van der Waals surface area (Å²) < 4.78 is 0. The van der Waals surface area contributed by atoms with Gasteiger partial charge in [0.2, 0.25) is 0 Å². The first-order valence-corrected chi connectivity index (χ1v) is 6.47. The van der Waals surface area contributed by atoms with E-state index in [0.29, 0.717) is 6.04 Å². The molecule has 1 aromatic rings. The number of rotatable bonds is 4. The Hall–Kier alpha value is -0.820. The molecule has 1 saturated carbocycles. The predicted molar refractivity (Wildman–Crippen MR) is 69.4 cm³/mol. The van der Waals surface area contributed by atoms with Crippen LogP contribution in [0, 0.1) is 11.8 Å². The monoisotopic (exact) mass is 217 g/mol. The molecule has 0 bridgehead atoms. The van der Waals surface area contributed by atoms with Crippen molar-refractivity contribution in [3.05, 3.63) is 35.4 Å². The second kappa shape index (κ2) is 5.01. The van der Waals surface area contributed by atoms with Crippen molar-refractivity contribution >= 4 is 0 Å². The fraction of sp³-hybridized carbons (Fsp3) is 0.600. The Kier molecular flexibility index (Phi) is 3.65. The molecule has 1 fully saturated rings. The molecule has 1 aliphatic carbocycles. The minimum atomic E-state index is 0.477. The van der Waals surface area contributed by atoms with Crippen molar-refractivity contribution in [1.82, 2.24) is 0 Å². The Bertz CT molecular complexity index is 320. The lowest BCUT2D eigenvalue weighted by molar-refractivity contribution is 0.264. The van der Waals surface area contributed by atoms with Gasteiger partial charge in [-0.3, -0.25) is 0 Å². The van der Waals surface area contributed by atoms with Crippen LogP contribution in [0.2, 0.25) is 0 Å². The summed E-state index contributed by atoms with van der Waals surface area (Å²) in [4.78, 5) is 0. The number of benzene rings is 1. The van der Waals surface area contributed by atoms with E-state index in [-0.39, 0.29) is 0 Å². The zero-order valence-corrected chi connectivity index (χ0v) is 10.4. The van der Waals surface area contributed by atoms with Crippen molar-refractivity contribution in [3.63, 3.8) is 0 Å². The van der Waals surface area contributed by atoms with Crippen LogP contribution in [0.5, 0.6) is 0 Å². The normalized spacial score (nSPS) is 24.5. The molecule has 0 aliphatic heterocycles. The molecule has 0 amide bonds. The van der Waals surface area contributed by atoms with E-state index in [0.717, 1.165) is 11.8 Å². The molecule has 0 radical (unpaired) electrons. The van der Waals surface area contributed by atoms with Crippen molar-refractivity contribution in [2.24, 2.45) is 17.6 Å². The molecule has 1 heteroatoms. The van der Waals surface area contributed by atoms with Crippen LogP contribution < -0.4 is 5.73 Å². The second-order valence-electron chi connectivity index (χ2n) is 5.72. The van der Waals surface area contributed by atoms with Gasteiger partial charge >= 0.3 is 0 Å². The van der Waals surface area contributed by atoms with Crippen molar-refractivity contribution in [2.75, 3.05) is 0 Å². The van der Waals surface area contributed by atoms with E-state index < -0.39 is 0 Å². The Morgan fingerprint density at radius 3 is 2.19 bits per heavy atom. The molecule has 88 valence electrons. The molecule has 1 aromatic carbocycles. The Morgan fingerprint density at radius 2 is 1.69 bits per heavy atom. The SMILES string of the molecule is CC(C)Cc1ccc(CC2CC(N)C2)cc1. The van der Waals surface area contributed by atoms with Crippen LogP contribution in [0.15, 0.2) is 24.3 Å². The van der Waals surface area contributed by atoms with Crippen LogP contribution in [-0.2, 0) is 12.8 Å². The highest BCUT2D eigenvalue weighted by atomic mass is 14.7. The van der Waals surface area contributed by atoms with Gasteiger partial charge in [0, 0.05) is 6.04 Å². The summed E-state index contributed by atoms with van der Waals surface area (Å²) in [6, 6.07) is 9.63. The third-order valence-corrected chi connectivity index (χ3v) is 3.46. The lowest BCUT2D eigenvalue weighted by Crippen LogP contribution is -2.37. The quantitative estimate of drug-likeness (QED) is 0.823. The molecule has 0 heterocycles. The first-order valence-electron chi connectivity index (χ1n) is 6.47. The molecule has 0 saturated heterocycles. The molecular weight excluding hydrogens is 194 g/mol. The maximum Gasteiger partial charge on any atom is 0.00443 e. The van der Waals surface area contributed by atoms with Crippen molar-refractivity contribution in [2.45, 2.75) is 45.6 Å². The van der Waals surface area contributed by atoms with E-state index in [2.05, 4.69) is 38.1 Å². The van der Waals surface area contributed by atoms with Gasteiger partial charge < -0.3 is 5.73 Å². The van der Waals surface area contributed by atoms with E-state index in [1.807, 2.05) is 0 Å². The Morgan fingerprint density at radius 1 is 1.12 bits per heavy atom. The molecular formula is C15H23N. The molecule has 2 N–H and O–H groups in total. The summed E-state index contributed by atoms with van der Waals surface area (Å²) in [6.45, 7) is 4.54. The molecule has 2 rings (SSSR count). The highest BCUT2D eigenvalue weighted by Crippen LogP contribution is 2.29. The molecule has 1 aliphatic rings. The van der Waals surface area contributed by atoms with Crippen molar-refractivity contribution in [3.8, 4) is 0 Å². The van der Waals surface area contributed by atoms with Crippen LogP contribution in [0.3, 0.4) is 0 Å². The second-order valence-corrected chi connectivity index (χ2v) is 5.72. The van der Waals surface area contributed by atoms with Crippen LogP contribution in [0.1, 0.15) is 37.8 Å². The lowest BCUT2D eigenvalue weighted by atomic mass is 9.77. The lowest BCUT2D eigenvalue weighted by Gasteiger charge is -2.32. The van der Waals surface area contributed by atoms with E-state index in [1.165, 1.54) is 36.8 Å². The first-order chi connectivity index (χ1) is 7.63. The summed E-state index contributed by atoms with van der Waals surface area (Å²) in [7, 11) is 0. The fourth-order valence-electron chi connectivity index (χ4n) is 2.57. The van der Waals surface area contributed by atoms with Crippen LogP contribution in [0.4, 0.5) is 0 Å². The standard InChI is InChI=1S/C15H23N/c1-11(2)7-12-3-5-13(6-4-12)8-14-9-15(16)10-14/h3-6,11,14-15H,7-10,16H2,1-2H3. The van der Waals surface area contributed by atoms with Gasteiger partial charge in [-0.25, -0.2) is 0 Å². The van der Waals surface area contributed by atoms with Gasteiger partial charge in [0.1, 0.15) is 0 Å². The van der Waals surface area contributed by atoms with Gasteiger partial charge in [0.25, 0.3) is 0 Å². The highest BCUT2D eigenvalue weighted by Gasteiger charge is 2.25. The van der Waals surface area contributed by atoms with Crippen LogP contribution >= 0.6 is 0 Å². The van der Waals surface area contributed by atoms with E-state index >= 15 is 0 Å². The minimum absolute atomic E-state index is 0.477. The summed E-state index contributed by atoms with van der Waals surface area (Å²) in [5.41, 5.74) is 8.74. The molecule has 1 nitrogen and oxygen atoms in total. The summed E-state index contributed by atoms with van der Waals surface area (Å²) in [5, 5.41) is 0. The number of hydrogen-bond donors (Lipinski definition) is 1. The van der Waals surface area contributed by atoms with Gasteiger partial charge in [0.05, 0.1) is 0 Å². The summed E-state index contributed by atoms with van der Waals surface area (Å²) in [5.74, 6) is 1.58. The molecule has 0 spiro atoms.